The van der Waals surface area contributed by atoms with Crippen molar-refractivity contribution < 1.29 is 14.6 Å². The van der Waals surface area contributed by atoms with Crippen LogP contribution in [-0.2, 0) is 7.05 Å². The third kappa shape index (κ3) is 3.14. The summed E-state index contributed by atoms with van der Waals surface area (Å²) in [6.07, 6.45) is 3.64. The number of para-hydroxylation sites is 1. The van der Waals surface area contributed by atoms with Crippen LogP contribution in [0.2, 0.25) is 0 Å². The molecule has 0 bridgehead atoms. The fourth-order valence-electron chi connectivity index (χ4n) is 3.25. The maximum Gasteiger partial charge on any atom is 0.257 e. The van der Waals surface area contributed by atoms with E-state index < -0.39 is 0 Å². The van der Waals surface area contributed by atoms with Gasteiger partial charge in [0.2, 0.25) is 0 Å². The van der Waals surface area contributed by atoms with Crippen LogP contribution in [-0.4, -0.2) is 52.5 Å². The van der Waals surface area contributed by atoms with Crippen LogP contribution in [0.1, 0.15) is 23.2 Å². The molecule has 1 aromatic heterocycles. The van der Waals surface area contributed by atoms with Crippen LogP contribution in [0, 0.1) is 5.92 Å². The monoisotopic (exact) mass is 329 g/mol. The van der Waals surface area contributed by atoms with Crippen molar-refractivity contribution in [3.63, 3.8) is 0 Å². The van der Waals surface area contributed by atoms with E-state index in [1.807, 2.05) is 36.2 Å². The Morgan fingerprint density at radius 2 is 2.21 bits per heavy atom. The summed E-state index contributed by atoms with van der Waals surface area (Å²) in [5.74, 6) is 0.813. The molecule has 6 nitrogen and oxygen atoms in total. The van der Waals surface area contributed by atoms with Crippen molar-refractivity contribution in [2.24, 2.45) is 13.0 Å². The average Bonchev–Trinajstić information content (AvgIpc) is 3.02. The van der Waals surface area contributed by atoms with Crippen molar-refractivity contribution in [2.75, 3.05) is 26.8 Å². The zero-order valence-electron chi connectivity index (χ0n) is 14.1. The number of nitrogens with zero attached hydrogens (tertiary/aromatic N) is 3. The minimum Gasteiger partial charge on any atom is -0.496 e. The standard InChI is InChI=1S/C18H23N3O3/c1-20-11-15(18(23)21-9-5-6-13(10-21)12-22)17(19-20)14-7-3-4-8-16(14)24-2/h3-4,7-8,11,13,22H,5-6,9-10,12H2,1-2H3. The third-order valence-electron chi connectivity index (χ3n) is 4.49. The molecule has 2 aromatic rings. The predicted octanol–water partition coefficient (Wildman–Crippen LogP) is 1.94. The van der Waals surface area contributed by atoms with Crippen LogP contribution in [0.5, 0.6) is 5.75 Å². The van der Waals surface area contributed by atoms with Gasteiger partial charge in [-0.25, -0.2) is 0 Å². The summed E-state index contributed by atoms with van der Waals surface area (Å²) in [5, 5.41) is 13.9. The van der Waals surface area contributed by atoms with E-state index in [1.54, 1.807) is 18.0 Å². The number of rotatable bonds is 4. The first-order valence-electron chi connectivity index (χ1n) is 8.21. The predicted molar refractivity (Wildman–Crippen MR) is 90.9 cm³/mol. The van der Waals surface area contributed by atoms with Gasteiger partial charge in [0, 0.05) is 38.5 Å². The van der Waals surface area contributed by atoms with E-state index >= 15 is 0 Å². The number of aliphatic hydroxyl groups is 1. The van der Waals surface area contributed by atoms with Crippen molar-refractivity contribution in [3.8, 4) is 17.0 Å². The van der Waals surface area contributed by atoms with Crippen molar-refractivity contribution in [1.29, 1.82) is 0 Å². The summed E-state index contributed by atoms with van der Waals surface area (Å²) >= 11 is 0. The van der Waals surface area contributed by atoms with Gasteiger partial charge >= 0.3 is 0 Å². The van der Waals surface area contributed by atoms with E-state index in [0.717, 1.165) is 24.9 Å². The lowest BCUT2D eigenvalue weighted by molar-refractivity contribution is 0.0621. The molecule has 3 rings (SSSR count). The van der Waals surface area contributed by atoms with Gasteiger partial charge in [0.05, 0.1) is 12.7 Å². The zero-order valence-corrected chi connectivity index (χ0v) is 14.1. The molecule has 1 N–H and O–H groups in total. The summed E-state index contributed by atoms with van der Waals surface area (Å²) in [4.78, 5) is 14.8. The maximum atomic E-state index is 13.0. The number of carbonyl (C=O) groups is 1. The van der Waals surface area contributed by atoms with Crippen LogP contribution < -0.4 is 4.74 Å². The number of ether oxygens (including phenoxy) is 1. The topological polar surface area (TPSA) is 67.6 Å². The number of hydrogen-bond donors (Lipinski definition) is 1. The minimum absolute atomic E-state index is 0.0397. The second-order valence-electron chi connectivity index (χ2n) is 6.21. The summed E-state index contributed by atoms with van der Waals surface area (Å²) in [6, 6.07) is 7.57. The van der Waals surface area contributed by atoms with E-state index in [-0.39, 0.29) is 18.4 Å². The molecule has 2 heterocycles. The van der Waals surface area contributed by atoms with E-state index in [9.17, 15) is 9.90 Å². The molecule has 0 spiro atoms. The van der Waals surface area contributed by atoms with E-state index in [2.05, 4.69) is 5.10 Å². The quantitative estimate of drug-likeness (QED) is 0.931. The van der Waals surface area contributed by atoms with Crippen molar-refractivity contribution >= 4 is 5.91 Å². The van der Waals surface area contributed by atoms with Gasteiger partial charge in [-0.15, -0.1) is 0 Å². The second-order valence-corrected chi connectivity index (χ2v) is 6.21. The second kappa shape index (κ2) is 7.05. The number of piperidine rings is 1. The molecule has 0 aliphatic carbocycles. The molecule has 1 aliphatic heterocycles. The normalized spacial score (nSPS) is 17.8. The van der Waals surface area contributed by atoms with Crippen molar-refractivity contribution in [2.45, 2.75) is 12.8 Å². The van der Waals surface area contributed by atoms with E-state index in [4.69, 9.17) is 4.74 Å². The summed E-state index contributed by atoms with van der Waals surface area (Å²) in [7, 11) is 3.42. The Hall–Kier alpha value is -2.34. The van der Waals surface area contributed by atoms with Crippen molar-refractivity contribution in [3.05, 3.63) is 36.0 Å². The molecule has 1 fully saturated rings. The third-order valence-corrected chi connectivity index (χ3v) is 4.49. The smallest absolute Gasteiger partial charge is 0.257 e. The molecule has 1 unspecified atom stereocenters. The van der Waals surface area contributed by atoms with Gasteiger partial charge in [0.15, 0.2) is 0 Å². The van der Waals surface area contributed by atoms with Gasteiger partial charge < -0.3 is 14.7 Å². The fourth-order valence-corrected chi connectivity index (χ4v) is 3.25. The lowest BCUT2D eigenvalue weighted by Crippen LogP contribution is -2.41. The Morgan fingerprint density at radius 3 is 2.96 bits per heavy atom. The van der Waals surface area contributed by atoms with Crippen LogP contribution in [0.3, 0.4) is 0 Å². The first-order valence-corrected chi connectivity index (χ1v) is 8.21. The summed E-state index contributed by atoms with van der Waals surface area (Å²) < 4.78 is 7.07. The summed E-state index contributed by atoms with van der Waals surface area (Å²) in [5.41, 5.74) is 2.01. The zero-order chi connectivity index (χ0) is 17.1. The Labute approximate surface area is 141 Å². The van der Waals surface area contributed by atoms with Crippen LogP contribution >= 0.6 is 0 Å². The number of aromatic nitrogens is 2. The Morgan fingerprint density at radius 1 is 1.42 bits per heavy atom. The fraction of sp³-hybridized carbons (Fsp3) is 0.444. The highest BCUT2D eigenvalue weighted by atomic mass is 16.5. The van der Waals surface area contributed by atoms with Crippen LogP contribution in [0.4, 0.5) is 0 Å². The van der Waals surface area contributed by atoms with Gasteiger partial charge in [-0.1, -0.05) is 12.1 Å². The molecule has 1 aromatic carbocycles. The highest BCUT2D eigenvalue weighted by Gasteiger charge is 2.28. The number of amides is 1. The van der Waals surface area contributed by atoms with Gasteiger partial charge in [-0.3, -0.25) is 9.48 Å². The van der Waals surface area contributed by atoms with Gasteiger partial charge in [-0.2, -0.15) is 5.10 Å². The van der Waals surface area contributed by atoms with Gasteiger partial charge in [-0.05, 0) is 30.9 Å². The number of likely N-dealkylation sites (tertiary alicyclic amines) is 1. The molecule has 1 aliphatic rings. The minimum atomic E-state index is -0.0397. The number of benzene rings is 1. The van der Waals surface area contributed by atoms with Gasteiger partial charge in [0.1, 0.15) is 11.4 Å². The number of methoxy groups -OCH3 is 1. The number of aliphatic hydroxyl groups excluding tert-OH is 1. The van der Waals surface area contributed by atoms with E-state index in [1.165, 1.54) is 0 Å². The number of aryl methyl sites for hydroxylation is 1. The lowest BCUT2D eigenvalue weighted by Gasteiger charge is -2.31. The average molecular weight is 329 g/mol. The molecule has 6 heteroatoms. The molecular weight excluding hydrogens is 306 g/mol. The Bertz CT molecular complexity index is 726. The van der Waals surface area contributed by atoms with Crippen molar-refractivity contribution in [1.82, 2.24) is 14.7 Å². The lowest BCUT2D eigenvalue weighted by atomic mass is 9.98. The molecule has 1 amide bonds. The molecular formula is C18H23N3O3. The highest BCUT2D eigenvalue weighted by Crippen LogP contribution is 2.32. The molecule has 24 heavy (non-hydrogen) atoms. The molecule has 0 radical (unpaired) electrons. The van der Waals surface area contributed by atoms with Gasteiger partial charge in [0.25, 0.3) is 5.91 Å². The SMILES string of the molecule is COc1ccccc1-c1nn(C)cc1C(=O)N1CCCC(CO)C1. The maximum absolute atomic E-state index is 13.0. The highest BCUT2D eigenvalue weighted by molar-refractivity contribution is 6.00. The van der Waals surface area contributed by atoms with Crippen LogP contribution in [0.15, 0.2) is 30.5 Å². The molecule has 1 saturated heterocycles. The molecule has 128 valence electrons. The Kier molecular flexibility index (Phi) is 4.85. The largest absolute Gasteiger partial charge is 0.496 e. The van der Waals surface area contributed by atoms with E-state index in [0.29, 0.717) is 23.6 Å². The first-order chi connectivity index (χ1) is 11.6. The number of carbonyl (C=O) groups excluding carboxylic acids is 1. The van der Waals surface area contributed by atoms with Crippen LogP contribution in [0.25, 0.3) is 11.3 Å². The summed E-state index contributed by atoms with van der Waals surface area (Å²) in [6.45, 7) is 1.43. The first kappa shape index (κ1) is 16.5. The molecule has 0 saturated carbocycles. The number of hydrogen-bond acceptors (Lipinski definition) is 4. The molecule has 1 atom stereocenters. The Balaban J connectivity index is 1.96.